The third-order valence-corrected chi connectivity index (χ3v) is 2.29. The number of aliphatic carboxylic acids is 1. The molecular weight excluding hydrogens is 253 g/mol. The number of carbonyl (C=O) groups excluding carboxylic acids is 1. The largest absolute Gasteiger partial charge is 0.490 e. The van der Waals surface area contributed by atoms with E-state index < -0.39 is 12.1 Å². The maximum atomic E-state index is 11.1. The molecule has 8 heteroatoms. The van der Waals surface area contributed by atoms with Crippen molar-refractivity contribution in [1.29, 1.82) is 0 Å². The molecule has 0 aliphatic carbocycles. The molecule has 0 aromatic heterocycles. The number of hydrogen-bond acceptors (Lipinski definition) is 3. The van der Waals surface area contributed by atoms with Crippen molar-refractivity contribution in [3.05, 3.63) is 0 Å². The fourth-order valence-corrected chi connectivity index (χ4v) is 1.48. The van der Waals surface area contributed by atoms with Gasteiger partial charge in [0.1, 0.15) is 0 Å². The predicted octanol–water partition coefficient (Wildman–Crippen LogP) is 1.05. The van der Waals surface area contributed by atoms with Crippen molar-refractivity contribution in [3.63, 3.8) is 0 Å². The molecule has 0 radical (unpaired) electrons. The molecule has 1 heterocycles. The first kappa shape index (κ1) is 16.7. The summed E-state index contributed by atoms with van der Waals surface area (Å²) in [6.45, 7) is 6.86. The minimum absolute atomic E-state index is 0.126. The summed E-state index contributed by atoms with van der Waals surface area (Å²) >= 11 is 0. The van der Waals surface area contributed by atoms with Gasteiger partial charge in [0.2, 0.25) is 5.91 Å². The summed E-state index contributed by atoms with van der Waals surface area (Å²) in [4.78, 5) is 21.8. The number of carboxylic acid groups (broad SMARTS) is 1. The Morgan fingerprint density at radius 3 is 1.89 bits per heavy atom. The Morgan fingerprint density at radius 2 is 1.78 bits per heavy atom. The molecule has 0 spiro atoms. The van der Waals surface area contributed by atoms with Gasteiger partial charge in [-0.2, -0.15) is 13.2 Å². The van der Waals surface area contributed by atoms with E-state index in [9.17, 15) is 18.0 Å². The Morgan fingerprint density at radius 1 is 1.39 bits per heavy atom. The van der Waals surface area contributed by atoms with E-state index in [1.807, 2.05) is 7.05 Å². The van der Waals surface area contributed by atoms with Crippen molar-refractivity contribution in [2.75, 3.05) is 13.6 Å². The van der Waals surface area contributed by atoms with Crippen LogP contribution in [0.2, 0.25) is 0 Å². The van der Waals surface area contributed by atoms with Gasteiger partial charge in [0.15, 0.2) is 0 Å². The number of hydrogen-bond donors (Lipinski definition) is 2. The average Bonchev–Trinajstić information content (AvgIpc) is 2.45. The van der Waals surface area contributed by atoms with E-state index >= 15 is 0 Å². The first-order valence-electron chi connectivity index (χ1n) is 5.16. The average molecular weight is 270 g/mol. The lowest BCUT2D eigenvalue weighted by Crippen LogP contribution is -2.44. The van der Waals surface area contributed by atoms with Crippen molar-refractivity contribution in [3.8, 4) is 0 Å². The molecule has 1 saturated heterocycles. The SMILES string of the molecule is CN1C(=O)CN[C@@H]1C(C)(C)C.O=C(O)C(F)(F)F. The van der Waals surface area contributed by atoms with Crippen molar-refractivity contribution in [2.45, 2.75) is 33.1 Å². The van der Waals surface area contributed by atoms with Gasteiger partial charge in [0.25, 0.3) is 0 Å². The van der Waals surface area contributed by atoms with E-state index in [1.54, 1.807) is 4.90 Å². The molecule has 2 N–H and O–H groups in total. The lowest BCUT2D eigenvalue weighted by atomic mass is 9.92. The summed E-state index contributed by atoms with van der Waals surface area (Å²) in [7, 11) is 1.85. The molecule has 1 fully saturated rings. The summed E-state index contributed by atoms with van der Waals surface area (Å²) in [6.07, 6.45) is -4.89. The zero-order valence-electron chi connectivity index (χ0n) is 10.6. The van der Waals surface area contributed by atoms with E-state index in [2.05, 4.69) is 26.1 Å². The molecule has 5 nitrogen and oxygen atoms in total. The summed E-state index contributed by atoms with van der Waals surface area (Å²) in [5.41, 5.74) is 0.126. The Balaban J connectivity index is 0.000000360. The number of amides is 1. The summed E-state index contributed by atoms with van der Waals surface area (Å²) < 4.78 is 31.7. The molecule has 0 aromatic rings. The van der Waals surface area contributed by atoms with Crippen LogP contribution in [-0.4, -0.2) is 47.8 Å². The molecule has 0 bridgehead atoms. The zero-order valence-corrected chi connectivity index (χ0v) is 10.6. The normalized spacial score (nSPS) is 20.5. The molecule has 0 aromatic carbocycles. The fraction of sp³-hybridized carbons (Fsp3) is 0.800. The Labute approximate surface area is 103 Å². The topological polar surface area (TPSA) is 69.6 Å². The van der Waals surface area contributed by atoms with Crippen LogP contribution in [0, 0.1) is 5.41 Å². The van der Waals surface area contributed by atoms with Crippen LogP contribution in [0.1, 0.15) is 20.8 Å². The number of likely N-dealkylation sites (N-methyl/N-ethyl adjacent to an activating group) is 1. The van der Waals surface area contributed by atoms with Crippen LogP contribution in [0.4, 0.5) is 13.2 Å². The lowest BCUT2D eigenvalue weighted by molar-refractivity contribution is -0.192. The number of halogens is 3. The first-order valence-corrected chi connectivity index (χ1v) is 5.16. The number of carboxylic acids is 1. The highest BCUT2D eigenvalue weighted by Crippen LogP contribution is 2.23. The number of nitrogens with one attached hydrogen (secondary N) is 1. The van der Waals surface area contributed by atoms with Crippen LogP contribution in [-0.2, 0) is 9.59 Å². The monoisotopic (exact) mass is 270 g/mol. The summed E-state index contributed by atoms with van der Waals surface area (Å²) in [5.74, 6) is -2.57. The van der Waals surface area contributed by atoms with Crippen LogP contribution < -0.4 is 5.32 Å². The second kappa shape index (κ2) is 5.55. The highest BCUT2D eigenvalue weighted by Gasteiger charge is 2.38. The van der Waals surface area contributed by atoms with E-state index in [4.69, 9.17) is 9.90 Å². The van der Waals surface area contributed by atoms with Crippen LogP contribution >= 0.6 is 0 Å². The van der Waals surface area contributed by atoms with Gasteiger partial charge in [-0.1, -0.05) is 20.8 Å². The van der Waals surface area contributed by atoms with Crippen molar-refractivity contribution >= 4 is 11.9 Å². The van der Waals surface area contributed by atoms with E-state index in [0.717, 1.165) is 0 Å². The summed E-state index contributed by atoms with van der Waals surface area (Å²) in [5, 5.41) is 10.3. The molecule has 18 heavy (non-hydrogen) atoms. The van der Waals surface area contributed by atoms with Crippen LogP contribution in [0.15, 0.2) is 0 Å². The fourth-order valence-electron chi connectivity index (χ4n) is 1.48. The highest BCUT2D eigenvalue weighted by atomic mass is 19.4. The smallest absolute Gasteiger partial charge is 0.475 e. The van der Waals surface area contributed by atoms with E-state index in [1.165, 1.54) is 0 Å². The number of carbonyl (C=O) groups is 2. The van der Waals surface area contributed by atoms with Crippen molar-refractivity contribution in [2.24, 2.45) is 5.41 Å². The zero-order chi connectivity index (χ0) is 14.7. The molecule has 1 atom stereocenters. The second-order valence-electron chi connectivity index (χ2n) is 4.96. The van der Waals surface area contributed by atoms with Crippen LogP contribution in [0.5, 0.6) is 0 Å². The van der Waals surface area contributed by atoms with Gasteiger partial charge in [-0.25, -0.2) is 4.79 Å². The molecule has 1 rings (SSSR count). The maximum Gasteiger partial charge on any atom is 0.490 e. The van der Waals surface area contributed by atoms with E-state index in [0.29, 0.717) is 6.54 Å². The number of alkyl halides is 3. The van der Waals surface area contributed by atoms with Gasteiger partial charge in [-0.3, -0.25) is 10.1 Å². The van der Waals surface area contributed by atoms with Gasteiger partial charge >= 0.3 is 12.1 Å². The Bertz CT molecular complexity index is 323. The van der Waals surface area contributed by atoms with Crippen molar-refractivity contribution in [1.82, 2.24) is 10.2 Å². The second-order valence-corrected chi connectivity index (χ2v) is 4.96. The van der Waals surface area contributed by atoms with E-state index in [-0.39, 0.29) is 17.5 Å². The molecule has 1 aliphatic rings. The Kier molecular flexibility index (Phi) is 5.15. The predicted molar refractivity (Wildman–Crippen MR) is 57.7 cm³/mol. The molecular formula is C10H17F3N2O3. The Hall–Kier alpha value is -1.31. The molecule has 0 saturated carbocycles. The van der Waals surface area contributed by atoms with Gasteiger partial charge in [-0.05, 0) is 5.41 Å². The number of rotatable bonds is 0. The molecule has 0 unspecified atom stereocenters. The summed E-state index contributed by atoms with van der Waals surface area (Å²) in [6, 6.07) is 0. The maximum absolute atomic E-state index is 11.1. The van der Waals surface area contributed by atoms with Gasteiger partial charge in [-0.15, -0.1) is 0 Å². The third kappa shape index (κ3) is 4.91. The number of nitrogens with zero attached hydrogens (tertiary/aromatic N) is 1. The highest BCUT2D eigenvalue weighted by molar-refractivity contribution is 5.80. The first-order chi connectivity index (χ1) is 7.87. The van der Waals surface area contributed by atoms with Crippen LogP contribution in [0.25, 0.3) is 0 Å². The molecule has 1 aliphatic heterocycles. The van der Waals surface area contributed by atoms with Gasteiger partial charge in [0.05, 0.1) is 12.7 Å². The molecule has 1 amide bonds. The van der Waals surface area contributed by atoms with Crippen molar-refractivity contribution < 1.29 is 27.9 Å². The van der Waals surface area contributed by atoms with Gasteiger partial charge < -0.3 is 10.0 Å². The standard InChI is InChI=1S/C8H16N2O.C2HF3O2/c1-8(2,3)7-9-5-6(11)10(7)4;3-2(4,5)1(6)7/h7,9H,5H2,1-4H3;(H,6,7)/t7-;/m0./s1. The van der Waals surface area contributed by atoms with Crippen LogP contribution in [0.3, 0.4) is 0 Å². The third-order valence-electron chi connectivity index (χ3n) is 2.29. The minimum Gasteiger partial charge on any atom is -0.475 e. The quantitative estimate of drug-likeness (QED) is 0.690. The van der Waals surface area contributed by atoms with Gasteiger partial charge in [0, 0.05) is 7.05 Å². The lowest BCUT2D eigenvalue weighted by Gasteiger charge is -2.32. The minimum atomic E-state index is -5.08. The molecule has 106 valence electrons.